The highest BCUT2D eigenvalue weighted by Crippen LogP contribution is 2.39. The van der Waals surface area contributed by atoms with Crippen molar-refractivity contribution in [2.45, 2.75) is 23.7 Å². The molecule has 0 radical (unpaired) electrons. The van der Waals surface area contributed by atoms with Gasteiger partial charge in [-0.05, 0) is 12.8 Å². The summed E-state index contributed by atoms with van der Waals surface area (Å²) < 4.78 is 23.0. The molecule has 2 heterocycles. The maximum absolute atomic E-state index is 12.1. The van der Waals surface area contributed by atoms with E-state index >= 15 is 0 Å². The summed E-state index contributed by atoms with van der Waals surface area (Å²) in [6.07, 6.45) is 3.31. The van der Waals surface area contributed by atoms with Crippen molar-refractivity contribution in [2.24, 2.45) is 0 Å². The van der Waals surface area contributed by atoms with Crippen molar-refractivity contribution >= 4 is 44.5 Å². The number of hydrogen-bond donors (Lipinski definition) is 2. The highest BCUT2D eigenvalue weighted by atomic mass is 35.5. The molecular weight excluding hydrogens is 334 g/mol. The van der Waals surface area contributed by atoms with Gasteiger partial charge in [-0.25, -0.2) is 8.42 Å². The van der Waals surface area contributed by atoms with E-state index in [-0.39, 0.29) is 14.8 Å². The van der Waals surface area contributed by atoms with Gasteiger partial charge in [-0.15, -0.1) is 11.3 Å². The van der Waals surface area contributed by atoms with Gasteiger partial charge in [0.15, 0.2) is 15.7 Å². The van der Waals surface area contributed by atoms with Crippen LogP contribution in [0.1, 0.15) is 34.1 Å². The van der Waals surface area contributed by atoms with Crippen LogP contribution in [0.2, 0.25) is 5.02 Å². The SMILES string of the molecule is CS(=O)(=O)c1csc(C(=O)Nc2cc(C3CC3)[nH]n2)c1Cl. The van der Waals surface area contributed by atoms with Gasteiger partial charge >= 0.3 is 0 Å². The van der Waals surface area contributed by atoms with Crippen LogP contribution in [0.3, 0.4) is 0 Å². The molecule has 0 saturated heterocycles. The van der Waals surface area contributed by atoms with Gasteiger partial charge in [-0.3, -0.25) is 9.89 Å². The van der Waals surface area contributed by atoms with Crippen molar-refractivity contribution in [3.05, 3.63) is 27.0 Å². The van der Waals surface area contributed by atoms with E-state index in [4.69, 9.17) is 11.6 Å². The van der Waals surface area contributed by atoms with Crippen LogP contribution < -0.4 is 5.32 Å². The van der Waals surface area contributed by atoms with Gasteiger partial charge in [0.2, 0.25) is 0 Å². The van der Waals surface area contributed by atoms with E-state index in [0.29, 0.717) is 11.7 Å². The molecule has 0 bridgehead atoms. The number of nitrogens with one attached hydrogen (secondary N) is 2. The Labute approximate surface area is 130 Å². The predicted octanol–water partition coefficient (Wildman–Crippen LogP) is 2.66. The highest BCUT2D eigenvalue weighted by Gasteiger charge is 2.26. The normalized spacial score (nSPS) is 15.1. The topological polar surface area (TPSA) is 91.9 Å². The summed E-state index contributed by atoms with van der Waals surface area (Å²) in [5.74, 6) is 0.450. The lowest BCUT2D eigenvalue weighted by Gasteiger charge is -2.00. The van der Waals surface area contributed by atoms with E-state index in [9.17, 15) is 13.2 Å². The Bertz CT molecular complexity index is 806. The molecule has 1 fully saturated rings. The fraction of sp³-hybridized carbons (Fsp3) is 0.333. The molecule has 2 aromatic rings. The summed E-state index contributed by atoms with van der Waals surface area (Å²) in [6.45, 7) is 0. The largest absolute Gasteiger partial charge is 0.304 e. The number of H-pyrrole nitrogens is 1. The number of carbonyl (C=O) groups excluding carboxylic acids is 1. The molecule has 1 aliphatic rings. The van der Waals surface area contributed by atoms with Gasteiger partial charge in [-0.1, -0.05) is 11.6 Å². The van der Waals surface area contributed by atoms with Gasteiger partial charge in [0.05, 0.1) is 9.92 Å². The highest BCUT2D eigenvalue weighted by molar-refractivity contribution is 7.91. The van der Waals surface area contributed by atoms with Crippen molar-refractivity contribution in [1.82, 2.24) is 10.2 Å². The average Bonchev–Trinajstić information content (AvgIpc) is 3.00. The second-order valence-electron chi connectivity index (χ2n) is 4.95. The number of rotatable bonds is 4. The summed E-state index contributed by atoms with van der Waals surface area (Å²) in [4.78, 5) is 12.3. The van der Waals surface area contributed by atoms with Crippen molar-refractivity contribution in [1.29, 1.82) is 0 Å². The number of carbonyl (C=O) groups is 1. The van der Waals surface area contributed by atoms with Crippen molar-refractivity contribution < 1.29 is 13.2 Å². The number of halogens is 1. The van der Waals surface area contributed by atoms with Gasteiger partial charge < -0.3 is 5.32 Å². The molecule has 2 aromatic heterocycles. The number of nitrogens with zero attached hydrogens (tertiary/aromatic N) is 1. The van der Waals surface area contributed by atoms with Crippen LogP contribution in [-0.2, 0) is 9.84 Å². The molecule has 112 valence electrons. The van der Waals surface area contributed by atoms with Crippen LogP contribution >= 0.6 is 22.9 Å². The summed E-state index contributed by atoms with van der Waals surface area (Å²) in [5, 5.41) is 10.8. The molecule has 9 heteroatoms. The molecule has 1 aliphatic carbocycles. The van der Waals surface area contributed by atoms with Crippen LogP contribution in [0.25, 0.3) is 0 Å². The zero-order valence-corrected chi connectivity index (χ0v) is 13.4. The van der Waals surface area contributed by atoms with Crippen LogP contribution in [0, 0.1) is 0 Å². The van der Waals surface area contributed by atoms with E-state index in [1.165, 1.54) is 5.38 Å². The minimum atomic E-state index is -3.44. The predicted molar refractivity (Wildman–Crippen MR) is 81.0 cm³/mol. The van der Waals surface area contributed by atoms with Crippen LogP contribution in [0.5, 0.6) is 0 Å². The van der Waals surface area contributed by atoms with E-state index in [2.05, 4.69) is 15.5 Å². The van der Waals surface area contributed by atoms with E-state index in [1.54, 1.807) is 6.07 Å². The molecule has 3 rings (SSSR count). The van der Waals surface area contributed by atoms with Gasteiger partial charge in [-0.2, -0.15) is 5.10 Å². The number of amides is 1. The summed E-state index contributed by atoms with van der Waals surface area (Å²) in [5.41, 5.74) is 0.999. The van der Waals surface area contributed by atoms with Crippen LogP contribution in [0.15, 0.2) is 16.3 Å². The average molecular weight is 346 g/mol. The Morgan fingerprint density at radius 3 is 2.81 bits per heavy atom. The molecule has 2 N–H and O–H groups in total. The third kappa shape index (κ3) is 2.97. The molecule has 0 unspecified atom stereocenters. The molecule has 1 amide bonds. The van der Waals surface area contributed by atoms with Crippen molar-refractivity contribution in [3.8, 4) is 0 Å². The molecular formula is C12H12ClN3O3S2. The lowest BCUT2D eigenvalue weighted by molar-refractivity contribution is 0.103. The summed E-state index contributed by atoms with van der Waals surface area (Å²) in [6, 6.07) is 1.79. The van der Waals surface area contributed by atoms with Crippen molar-refractivity contribution in [3.63, 3.8) is 0 Å². The molecule has 21 heavy (non-hydrogen) atoms. The Morgan fingerprint density at radius 2 is 2.24 bits per heavy atom. The van der Waals surface area contributed by atoms with Crippen molar-refractivity contribution in [2.75, 3.05) is 11.6 Å². The molecule has 0 atom stereocenters. The first-order chi connectivity index (χ1) is 9.86. The molecule has 1 saturated carbocycles. The number of aromatic nitrogens is 2. The summed E-state index contributed by atoms with van der Waals surface area (Å²) in [7, 11) is -3.44. The van der Waals surface area contributed by atoms with Gasteiger partial charge in [0.25, 0.3) is 5.91 Å². The molecule has 0 aliphatic heterocycles. The van der Waals surface area contributed by atoms with Gasteiger partial charge in [0, 0.05) is 29.3 Å². The fourth-order valence-corrected chi connectivity index (χ4v) is 4.72. The minimum Gasteiger partial charge on any atom is -0.304 e. The number of hydrogen-bond acceptors (Lipinski definition) is 5. The smallest absolute Gasteiger partial charge is 0.268 e. The molecule has 0 aromatic carbocycles. The van der Waals surface area contributed by atoms with E-state index in [1.807, 2.05) is 0 Å². The standard InChI is InChI=1S/C12H12ClN3O3S2/c1-21(18,19)8-5-20-11(10(8)13)12(17)14-9-4-7(15-16-9)6-2-3-6/h4-6H,2-3H2,1H3,(H2,14,15,16,17). The quantitative estimate of drug-likeness (QED) is 0.891. The van der Waals surface area contributed by atoms with Crippen LogP contribution in [-0.4, -0.2) is 30.8 Å². The Kier molecular flexibility index (Phi) is 3.54. The van der Waals surface area contributed by atoms with E-state index < -0.39 is 15.7 Å². The third-order valence-electron chi connectivity index (χ3n) is 3.16. The number of aromatic amines is 1. The monoisotopic (exact) mass is 345 g/mol. The number of sulfone groups is 1. The molecule has 0 spiro atoms. The second kappa shape index (κ2) is 5.11. The third-order valence-corrected chi connectivity index (χ3v) is 6.03. The molecule has 6 nitrogen and oxygen atoms in total. The lowest BCUT2D eigenvalue weighted by atomic mass is 10.3. The first-order valence-electron chi connectivity index (χ1n) is 6.20. The number of thiophene rings is 1. The van der Waals surface area contributed by atoms with E-state index in [0.717, 1.165) is 36.1 Å². The fourth-order valence-electron chi connectivity index (χ4n) is 1.91. The zero-order chi connectivity index (χ0) is 15.2. The second-order valence-corrected chi connectivity index (χ2v) is 8.19. The Morgan fingerprint density at radius 1 is 1.52 bits per heavy atom. The maximum Gasteiger partial charge on any atom is 0.268 e. The number of anilines is 1. The van der Waals surface area contributed by atoms with Crippen LogP contribution in [0.4, 0.5) is 5.82 Å². The first-order valence-corrected chi connectivity index (χ1v) is 9.35. The zero-order valence-electron chi connectivity index (χ0n) is 11.0. The minimum absolute atomic E-state index is 0.0278. The Hall–Kier alpha value is -1.38. The summed E-state index contributed by atoms with van der Waals surface area (Å²) >= 11 is 6.97. The maximum atomic E-state index is 12.1. The van der Waals surface area contributed by atoms with Gasteiger partial charge in [0.1, 0.15) is 4.88 Å². The lowest BCUT2D eigenvalue weighted by Crippen LogP contribution is -2.11. The first kappa shape index (κ1) is 14.6. The Balaban J connectivity index is 1.80.